The standard InChI is InChI=1S/C25H25ClN2O/c1-3-18(2)19-11-13-22(14-12-19)29-16-15-28-24-10-5-4-9-23(24)27-25(28)20-7-6-8-21(26)17-20/h4-14,17-18H,3,15-16H2,1-2H3. The topological polar surface area (TPSA) is 27.1 Å². The van der Waals surface area contributed by atoms with Crippen LogP contribution in [0.5, 0.6) is 5.75 Å². The first kappa shape index (κ1) is 19.5. The van der Waals surface area contributed by atoms with Crippen molar-refractivity contribution in [3.05, 3.63) is 83.4 Å². The van der Waals surface area contributed by atoms with Crippen LogP contribution < -0.4 is 4.74 Å². The monoisotopic (exact) mass is 404 g/mol. The molecule has 29 heavy (non-hydrogen) atoms. The number of nitrogens with zero attached hydrogens (tertiary/aromatic N) is 2. The van der Waals surface area contributed by atoms with E-state index < -0.39 is 0 Å². The molecule has 0 aliphatic heterocycles. The third-order valence-corrected chi connectivity index (χ3v) is 5.62. The molecule has 0 spiro atoms. The number of fused-ring (bicyclic) bond motifs is 1. The molecule has 0 radical (unpaired) electrons. The normalized spacial score (nSPS) is 12.2. The molecule has 1 atom stereocenters. The molecule has 148 valence electrons. The quantitative estimate of drug-likeness (QED) is 0.333. The van der Waals surface area contributed by atoms with Gasteiger partial charge in [0, 0.05) is 10.6 Å². The van der Waals surface area contributed by atoms with Gasteiger partial charge in [0.25, 0.3) is 0 Å². The Balaban J connectivity index is 1.55. The van der Waals surface area contributed by atoms with Crippen molar-refractivity contribution in [2.45, 2.75) is 32.7 Å². The number of aromatic nitrogens is 2. The first-order chi connectivity index (χ1) is 14.2. The van der Waals surface area contributed by atoms with E-state index in [4.69, 9.17) is 21.3 Å². The second kappa shape index (κ2) is 8.71. The smallest absolute Gasteiger partial charge is 0.141 e. The van der Waals surface area contributed by atoms with Crippen LogP contribution in [-0.4, -0.2) is 16.2 Å². The van der Waals surface area contributed by atoms with Crippen LogP contribution in [0.1, 0.15) is 31.7 Å². The minimum absolute atomic E-state index is 0.566. The van der Waals surface area contributed by atoms with Crippen LogP contribution in [0, 0.1) is 0 Å². The van der Waals surface area contributed by atoms with E-state index in [1.165, 1.54) is 5.56 Å². The Morgan fingerprint density at radius 1 is 1.00 bits per heavy atom. The minimum Gasteiger partial charge on any atom is -0.492 e. The Hall–Kier alpha value is -2.78. The van der Waals surface area contributed by atoms with Crippen molar-refractivity contribution in [2.75, 3.05) is 6.61 Å². The fourth-order valence-electron chi connectivity index (χ4n) is 3.53. The maximum absolute atomic E-state index is 6.21. The second-order valence-corrected chi connectivity index (χ2v) is 7.75. The highest BCUT2D eigenvalue weighted by Crippen LogP contribution is 2.27. The molecule has 0 saturated carbocycles. The summed E-state index contributed by atoms with van der Waals surface area (Å²) >= 11 is 6.21. The summed E-state index contributed by atoms with van der Waals surface area (Å²) in [5, 5.41) is 0.707. The summed E-state index contributed by atoms with van der Waals surface area (Å²) in [5.74, 6) is 2.37. The van der Waals surface area contributed by atoms with Crippen molar-refractivity contribution in [2.24, 2.45) is 0 Å². The molecular formula is C25H25ClN2O. The molecule has 0 amide bonds. The number of rotatable bonds is 7. The van der Waals surface area contributed by atoms with Crippen molar-refractivity contribution in [1.29, 1.82) is 0 Å². The molecule has 1 aromatic heterocycles. The largest absolute Gasteiger partial charge is 0.492 e. The molecule has 1 unspecified atom stereocenters. The van der Waals surface area contributed by atoms with Crippen LogP contribution in [0.2, 0.25) is 5.02 Å². The van der Waals surface area contributed by atoms with Crippen molar-refractivity contribution >= 4 is 22.6 Å². The molecule has 4 rings (SSSR count). The number of para-hydroxylation sites is 2. The van der Waals surface area contributed by atoms with E-state index in [2.05, 4.69) is 48.7 Å². The molecule has 4 aromatic rings. The van der Waals surface area contributed by atoms with Crippen LogP contribution in [0.3, 0.4) is 0 Å². The number of imidazole rings is 1. The zero-order valence-electron chi connectivity index (χ0n) is 16.8. The molecule has 3 nitrogen and oxygen atoms in total. The number of hydrogen-bond donors (Lipinski definition) is 0. The predicted molar refractivity (Wildman–Crippen MR) is 121 cm³/mol. The minimum atomic E-state index is 0.566. The molecule has 3 aromatic carbocycles. The first-order valence-corrected chi connectivity index (χ1v) is 10.5. The van der Waals surface area contributed by atoms with Gasteiger partial charge >= 0.3 is 0 Å². The molecule has 0 aliphatic rings. The average molecular weight is 405 g/mol. The number of benzene rings is 3. The van der Waals surface area contributed by atoms with E-state index in [1.54, 1.807) is 0 Å². The maximum Gasteiger partial charge on any atom is 0.141 e. The number of ether oxygens (including phenoxy) is 1. The Labute approximate surface area is 176 Å². The lowest BCUT2D eigenvalue weighted by atomic mass is 9.99. The highest BCUT2D eigenvalue weighted by Gasteiger charge is 2.13. The van der Waals surface area contributed by atoms with Gasteiger partial charge in [-0.25, -0.2) is 4.98 Å². The lowest BCUT2D eigenvalue weighted by molar-refractivity contribution is 0.300. The second-order valence-electron chi connectivity index (χ2n) is 7.31. The van der Waals surface area contributed by atoms with Crippen molar-refractivity contribution in [3.63, 3.8) is 0 Å². The summed E-state index contributed by atoms with van der Waals surface area (Å²) in [5.41, 5.74) is 4.42. The summed E-state index contributed by atoms with van der Waals surface area (Å²) in [6.07, 6.45) is 1.14. The summed E-state index contributed by atoms with van der Waals surface area (Å²) in [4.78, 5) is 4.84. The third-order valence-electron chi connectivity index (χ3n) is 5.38. The Morgan fingerprint density at radius 3 is 2.55 bits per heavy atom. The lowest BCUT2D eigenvalue weighted by Crippen LogP contribution is -2.09. The van der Waals surface area contributed by atoms with Crippen LogP contribution in [0.4, 0.5) is 0 Å². The summed E-state index contributed by atoms with van der Waals surface area (Å²) in [7, 11) is 0. The maximum atomic E-state index is 6.21. The summed E-state index contributed by atoms with van der Waals surface area (Å²) < 4.78 is 8.24. The zero-order chi connectivity index (χ0) is 20.2. The third kappa shape index (κ3) is 4.30. The molecule has 1 heterocycles. The van der Waals surface area contributed by atoms with Crippen molar-refractivity contribution in [3.8, 4) is 17.1 Å². The first-order valence-electron chi connectivity index (χ1n) is 10.1. The average Bonchev–Trinajstić information content (AvgIpc) is 3.12. The summed E-state index contributed by atoms with van der Waals surface area (Å²) in [6, 6.07) is 24.4. The van der Waals surface area contributed by atoms with E-state index in [-0.39, 0.29) is 0 Å². The van der Waals surface area contributed by atoms with Crippen LogP contribution in [0.25, 0.3) is 22.4 Å². The van der Waals surface area contributed by atoms with E-state index in [0.29, 0.717) is 24.1 Å². The Kier molecular flexibility index (Phi) is 5.86. The number of hydrogen-bond acceptors (Lipinski definition) is 2. The van der Waals surface area contributed by atoms with Crippen molar-refractivity contribution < 1.29 is 4.74 Å². The van der Waals surface area contributed by atoms with E-state index >= 15 is 0 Å². The highest BCUT2D eigenvalue weighted by molar-refractivity contribution is 6.30. The highest BCUT2D eigenvalue weighted by atomic mass is 35.5. The van der Waals surface area contributed by atoms with Crippen LogP contribution in [0.15, 0.2) is 72.8 Å². The predicted octanol–water partition coefficient (Wildman–Crippen LogP) is 6.95. The zero-order valence-corrected chi connectivity index (χ0v) is 17.6. The SMILES string of the molecule is CCC(C)c1ccc(OCCn2c(-c3cccc(Cl)c3)nc3ccccc32)cc1. The van der Waals surface area contributed by atoms with Crippen LogP contribution in [-0.2, 0) is 6.54 Å². The molecule has 0 N–H and O–H groups in total. The van der Waals surface area contributed by atoms with E-state index in [9.17, 15) is 0 Å². The van der Waals surface area contributed by atoms with Gasteiger partial charge < -0.3 is 9.30 Å². The van der Waals surface area contributed by atoms with Gasteiger partial charge in [-0.15, -0.1) is 0 Å². The lowest BCUT2D eigenvalue weighted by Gasteiger charge is -2.13. The van der Waals surface area contributed by atoms with Gasteiger partial charge in [0.15, 0.2) is 0 Å². The fraction of sp³-hybridized carbons (Fsp3) is 0.240. The van der Waals surface area contributed by atoms with Gasteiger partial charge in [-0.2, -0.15) is 0 Å². The van der Waals surface area contributed by atoms with Gasteiger partial charge in [-0.3, -0.25) is 0 Å². The van der Waals surface area contributed by atoms with Gasteiger partial charge in [-0.1, -0.05) is 61.8 Å². The Morgan fingerprint density at radius 2 is 1.79 bits per heavy atom. The molecule has 0 fully saturated rings. The van der Waals surface area contributed by atoms with E-state index in [1.807, 2.05) is 42.5 Å². The summed E-state index contributed by atoms with van der Waals surface area (Å²) in [6.45, 7) is 5.73. The van der Waals surface area contributed by atoms with Gasteiger partial charge in [0.05, 0.1) is 17.6 Å². The van der Waals surface area contributed by atoms with E-state index in [0.717, 1.165) is 34.6 Å². The van der Waals surface area contributed by atoms with Crippen LogP contribution >= 0.6 is 11.6 Å². The molecule has 0 bridgehead atoms. The molecular weight excluding hydrogens is 380 g/mol. The van der Waals surface area contributed by atoms with Gasteiger partial charge in [-0.05, 0) is 54.3 Å². The Bertz CT molecular complexity index is 1100. The number of halogens is 1. The van der Waals surface area contributed by atoms with Gasteiger partial charge in [0.2, 0.25) is 0 Å². The molecule has 4 heteroatoms. The van der Waals surface area contributed by atoms with Gasteiger partial charge in [0.1, 0.15) is 18.2 Å². The van der Waals surface area contributed by atoms with Crippen molar-refractivity contribution in [1.82, 2.24) is 9.55 Å². The fourth-order valence-corrected chi connectivity index (χ4v) is 3.72. The molecule has 0 aliphatic carbocycles. The molecule has 0 saturated heterocycles.